The number of rotatable bonds is 2. The number of terminal acetylenes is 1. The van der Waals surface area contributed by atoms with Crippen LogP contribution in [0.5, 0.6) is 6.01 Å². The van der Waals surface area contributed by atoms with E-state index in [1.807, 2.05) is 0 Å². The summed E-state index contributed by atoms with van der Waals surface area (Å²) in [5, 5.41) is 8.62. The van der Waals surface area contributed by atoms with Crippen molar-refractivity contribution in [3.05, 3.63) is 18.2 Å². The molecule has 0 saturated heterocycles. The third-order valence-corrected chi connectivity index (χ3v) is 2.92. The van der Waals surface area contributed by atoms with E-state index >= 15 is 0 Å². The maximum absolute atomic E-state index is 8.62. The number of hydrogen-bond acceptors (Lipinski definition) is 8. The Morgan fingerprint density at radius 1 is 1.09 bits per heavy atom. The summed E-state index contributed by atoms with van der Waals surface area (Å²) < 4.78 is 0. The maximum Gasteiger partial charge on any atom is 0.334 e. The van der Waals surface area contributed by atoms with E-state index in [-0.39, 0.29) is 23.0 Å². The number of nitrogens with zero attached hydrogens (tertiary/aromatic N) is 6. The molecule has 0 fully saturated rings. The third kappa shape index (κ3) is 1.74. The van der Waals surface area contributed by atoms with Crippen LogP contribution in [0.3, 0.4) is 0 Å². The Morgan fingerprint density at radius 2 is 2.00 bits per heavy atom. The Kier molecular flexibility index (Phi) is 2.47. The topological polar surface area (TPSA) is 138 Å². The minimum absolute atomic E-state index is 0.134. The standard InChI is InChI=1S/C12H6N8O2/c1-2-5-7(6-3-13-8-9(17-6)15-4-14-8)18-11-10(16-5)19-12(20-11)22-21/h1,3-4,21H,(H,13,14,15,17)(H,16,18,19,20). The molecule has 0 unspecified atom stereocenters. The molecule has 0 saturated carbocycles. The van der Waals surface area contributed by atoms with Crippen molar-refractivity contribution in [2.45, 2.75) is 0 Å². The van der Waals surface area contributed by atoms with Crippen LogP contribution < -0.4 is 4.89 Å². The fraction of sp³-hybridized carbons (Fsp3) is 0. The van der Waals surface area contributed by atoms with Gasteiger partial charge in [-0.1, -0.05) is 0 Å². The fourth-order valence-electron chi connectivity index (χ4n) is 1.98. The van der Waals surface area contributed by atoms with Gasteiger partial charge in [-0.05, 0) is 5.92 Å². The summed E-state index contributed by atoms with van der Waals surface area (Å²) in [6.07, 6.45) is 8.46. The normalized spacial score (nSPS) is 10.9. The van der Waals surface area contributed by atoms with Gasteiger partial charge in [0.15, 0.2) is 16.9 Å². The molecule has 4 aromatic rings. The lowest BCUT2D eigenvalue weighted by atomic mass is 10.2. The SMILES string of the molecule is C#Cc1nc2[nH]c(OO)nc2nc1-c1cnc2nc[nH]c2n1. The molecule has 0 atom stereocenters. The van der Waals surface area contributed by atoms with Crippen LogP contribution in [0.2, 0.25) is 0 Å². The Bertz CT molecular complexity index is 1040. The van der Waals surface area contributed by atoms with Crippen LogP contribution in [0.15, 0.2) is 12.5 Å². The number of H-pyrrole nitrogens is 2. The Labute approximate surface area is 121 Å². The van der Waals surface area contributed by atoms with Crippen molar-refractivity contribution in [2.24, 2.45) is 0 Å². The van der Waals surface area contributed by atoms with Gasteiger partial charge < -0.3 is 4.98 Å². The maximum atomic E-state index is 8.62. The molecule has 4 heterocycles. The Hall–Kier alpha value is -3.58. The highest BCUT2D eigenvalue weighted by molar-refractivity contribution is 5.76. The number of aromatic amines is 2. The number of hydrogen-bond donors (Lipinski definition) is 3. The molecule has 0 spiro atoms. The molecule has 0 aromatic carbocycles. The second-order valence-corrected chi connectivity index (χ2v) is 4.20. The summed E-state index contributed by atoms with van der Waals surface area (Å²) in [7, 11) is 0. The van der Waals surface area contributed by atoms with Gasteiger partial charge in [-0.2, -0.15) is 10.2 Å². The van der Waals surface area contributed by atoms with E-state index in [2.05, 4.69) is 50.7 Å². The van der Waals surface area contributed by atoms with Crippen LogP contribution in [0, 0.1) is 12.3 Å². The average Bonchev–Trinajstić information content (AvgIpc) is 3.18. The van der Waals surface area contributed by atoms with Crippen molar-refractivity contribution in [3.8, 4) is 29.7 Å². The zero-order chi connectivity index (χ0) is 15.1. The summed E-state index contributed by atoms with van der Waals surface area (Å²) in [5.74, 6) is 2.44. The second-order valence-electron chi connectivity index (χ2n) is 4.20. The summed E-state index contributed by atoms with van der Waals surface area (Å²) in [6, 6.07) is -0.134. The van der Waals surface area contributed by atoms with Gasteiger partial charge in [-0.3, -0.25) is 9.87 Å². The first-order chi connectivity index (χ1) is 10.8. The first-order valence-corrected chi connectivity index (χ1v) is 6.01. The predicted octanol–water partition coefficient (Wildman–Crippen LogP) is 0.519. The van der Waals surface area contributed by atoms with Crippen molar-refractivity contribution in [2.75, 3.05) is 0 Å². The lowest BCUT2D eigenvalue weighted by Crippen LogP contribution is -1.98. The van der Waals surface area contributed by atoms with Crippen molar-refractivity contribution in [3.63, 3.8) is 0 Å². The van der Waals surface area contributed by atoms with E-state index < -0.39 is 0 Å². The van der Waals surface area contributed by atoms with E-state index in [0.29, 0.717) is 22.7 Å². The predicted molar refractivity (Wildman–Crippen MR) is 73.6 cm³/mol. The highest BCUT2D eigenvalue weighted by Crippen LogP contribution is 2.22. The lowest BCUT2D eigenvalue weighted by Gasteiger charge is -2.02. The molecule has 0 aliphatic carbocycles. The summed E-state index contributed by atoms with van der Waals surface area (Å²) >= 11 is 0. The van der Waals surface area contributed by atoms with Gasteiger partial charge >= 0.3 is 6.01 Å². The monoisotopic (exact) mass is 294 g/mol. The van der Waals surface area contributed by atoms with Crippen molar-refractivity contribution >= 4 is 22.6 Å². The zero-order valence-electron chi connectivity index (χ0n) is 10.8. The highest BCUT2D eigenvalue weighted by atomic mass is 17.1. The smallest absolute Gasteiger partial charge is 0.328 e. The van der Waals surface area contributed by atoms with E-state index in [4.69, 9.17) is 11.7 Å². The molecule has 4 rings (SSSR count). The third-order valence-electron chi connectivity index (χ3n) is 2.92. The highest BCUT2D eigenvalue weighted by Gasteiger charge is 2.15. The molecule has 3 N–H and O–H groups in total. The number of fused-ring (bicyclic) bond motifs is 2. The lowest BCUT2D eigenvalue weighted by molar-refractivity contribution is -0.145. The minimum Gasteiger partial charge on any atom is -0.328 e. The Balaban J connectivity index is 1.97. The van der Waals surface area contributed by atoms with Gasteiger partial charge in [-0.25, -0.2) is 24.9 Å². The van der Waals surface area contributed by atoms with Crippen LogP contribution in [0.4, 0.5) is 0 Å². The number of imidazole rings is 2. The van der Waals surface area contributed by atoms with E-state index in [1.54, 1.807) is 0 Å². The molecule has 10 nitrogen and oxygen atoms in total. The van der Waals surface area contributed by atoms with Crippen molar-refractivity contribution < 1.29 is 10.1 Å². The molecule has 0 radical (unpaired) electrons. The fourth-order valence-corrected chi connectivity index (χ4v) is 1.98. The van der Waals surface area contributed by atoms with Crippen LogP contribution in [-0.4, -0.2) is 45.1 Å². The van der Waals surface area contributed by atoms with Crippen molar-refractivity contribution in [1.82, 2.24) is 39.9 Å². The van der Waals surface area contributed by atoms with E-state index in [9.17, 15) is 0 Å². The molecule has 0 aliphatic rings. The Morgan fingerprint density at radius 3 is 2.82 bits per heavy atom. The molecule has 0 amide bonds. The molecular weight excluding hydrogens is 288 g/mol. The summed E-state index contributed by atoms with van der Waals surface area (Å²) in [4.78, 5) is 34.4. The first kappa shape index (κ1) is 12.2. The van der Waals surface area contributed by atoms with E-state index in [0.717, 1.165) is 0 Å². The number of aromatic nitrogens is 8. The van der Waals surface area contributed by atoms with E-state index in [1.165, 1.54) is 12.5 Å². The number of nitrogens with one attached hydrogen (secondary N) is 2. The second kappa shape index (κ2) is 4.47. The molecule has 10 heteroatoms. The molecule has 4 aromatic heterocycles. The average molecular weight is 294 g/mol. The van der Waals surface area contributed by atoms with Gasteiger partial charge in [0.25, 0.3) is 0 Å². The molecule has 0 aliphatic heterocycles. The van der Waals surface area contributed by atoms with Gasteiger partial charge in [-0.15, -0.1) is 6.42 Å². The van der Waals surface area contributed by atoms with Crippen LogP contribution in [0.1, 0.15) is 5.69 Å². The molecular formula is C12H6N8O2. The summed E-state index contributed by atoms with van der Waals surface area (Å²) in [5.41, 5.74) is 2.53. The van der Waals surface area contributed by atoms with Crippen molar-refractivity contribution in [1.29, 1.82) is 0 Å². The summed E-state index contributed by atoms with van der Waals surface area (Å²) in [6.45, 7) is 0. The first-order valence-electron chi connectivity index (χ1n) is 6.01. The molecule has 22 heavy (non-hydrogen) atoms. The zero-order valence-corrected chi connectivity index (χ0v) is 10.8. The molecule has 0 bridgehead atoms. The van der Waals surface area contributed by atoms with Gasteiger partial charge in [0.05, 0.1) is 12.5 Å². The van der Waals surface area contributed by atoms with Crippen LogP contribution in [-0.2, 0) is 0 Å². The van der Waals surface area contributed by atoms with Gasteiger partial charge in [0, 0.05) is 0 Å². The molecule has 106 valence electrons. The van der Waals surface area contributed by atoms with Crippen LogP contribution >= 0.6 is 0 Å². The minimum atomic E-state index is -0.134. The van der Waals surface area contributed by atoms with Crippen LogP contribution in [0.25, 0.3) is 34.0 Å². The largest absolute Gasteiger partial charge is 0.334 e. The van der Waals surface area contributed by atoms with Gasteiger partial charge in [0.2, 0.25) is 5.65 Å². The van der Waals surface area contributed by atoms with Gasteiger partial charge in [0.1, 0.15) is 17.1 Å². The quantitative estimate of drug-likeness (QED) is 0.276.